The van der Waals surface area contributed by atoms with E-state index in [1.807, 2.05) is 35.9 Å². The van der Waals surface area contributed by atoms with E-state index < -0.39 is 0 Å². The van der Waals surface area contributed by atoms with E-state index in [0.29, 0.717) is 5.82 Å². The SMILES string of the molecule is CN(C)n1cnn2c(N)ccc12. The van der Waals surface area contributed by atoms with Crippen molar-refractivity contribution < 1.29 is 0 Å². The smallest absolute Gasteiger partial charge is 0.156 e. The number of hydrogen-bond acceptors (Lipinski definition) is 3. The highest BCUT2D eigenvalue weighted by Crippen LogP contribution is 2.09. The van der Waals surface area contributed by atoms with Gasteiger partial charge in [0.05, 0.1) is 0 Å². The van der Waals surface area contributed by atoms with Crippen molar-refractivity contribution in [2.24, 2.45) is 0 Å². The summed E-state index contributed by atoms with van der Waals surface area (Å²) in [5.41, 5.74) is 6.63. The first-order valence-corrected chi connectivity index (χ1v) is 3.68. The van der Waals surface area contributed by atoms with E-state index in [9.17, 15) is 0 Å². The minimum absolute atomic E-state index is 0.658. The Hall–Kier alpha value is -1.65. The third kappa shape index (κ3) is 0.761. The summed E-state index contributed by atoms with van der Waals surface area (Å²) in [6, 6.07) is 3.77. The van der Waals surface area contributed by atoms with Crippen LogP contribution in [0.25, 0.3) is 5.65 Å². The van der Waals surface area contributed by atoms with Gasteiger partial charge in [-0.05, 0) is 12.1 Å². The van der Waals surface area contributed by atoms with Crippen molar-refractivity contribution in [1.29, 1.82) is 0 Å². The molecule has 0 amide bonds. The summed E-state index contributed by atoms with van der Waals surface area (Å²) in [4.78, 5) is 0. The quantitative estimate of drug-likeness (QED) is 0.642. The molecule has 64 valence electrons. The van der Waals surface area contributed by atoms with E-state index in [0.717, 1.165) is 5.65 Å². The molecule has 2 aromatic heterocycles. The second kappa shape index (κ2) is 2.17. The molecular formula is C7H11N5. The van der Waals surface area contributed by atoms with Crippen LogP contribution in [0.3, 0.4) is 0 Å². The molecule has 0 spiro atoms. The zero-order valence-electron chi connectivity index (χ0n) is 7.10. The van der Waals surface area contributed by atoms with Gasteiger partial charge in [-0.2, -0.15) is 9.61 Å². The van der Waals surface area contributed by atoms with E-state index in [2.05, 4.69) is 5.10 Å². The van der Waals surface area contributed by atoms with Crippen molar-refractivity contribution in [2.75, 3.05) is 24.8 Å². The molecule has 0 aromatic carbocycles. The van der Waals surface area contributed by atoms with Gasteiger partial charge in [0.1, 0.15) is 12.1 Å². The van der Waals surface area contributed by atoms with Crippen molar-refractivity contribution in [1.82, 2.24) is 14.3 Å². The lowest BCUT2D eigenvalue weighted by Gasteiger charge is -2.12. The summed E-state index contributed by atoms with van der Waals surface area (Å²) in [6.07, 6.45) is 1.73. The lowest BCUT2D eigenvalue weighted by atomic mass is 10.6. The maximum absolute atomic E-state index is 5.66. The number of nitrogen functional groups attached to an aromatic ring is 1. The topological polar surface area (TPSA) is 51.5 Å². The fourth-order valence-corrected chi connectivity index (χ4v) is 1.20. The third-order valence-electron chi connectivity index (χ3n) is 1.81. The van der Waals surface area contributed by atoms with Gasteiger partial charge in [-0.1, -0.05) is 0 Å². The molecule has 0 radical (unpaired) electrons. The van der Waals surface area contributed by atoms with Crippen LogP contribution in [0.5, 0.6) is 0 Å². The van der Waals surface area contributed by atoms with E-state index in [-0.39, 0.29) is 0 Å². The molecule has 0 unspecified atom stereocenters. The van der Waals surface area contributed by atoms with Gasteiger partial charge in [-0.15, -0.1) is 0 Å². The molecule has 0 aliphatic carbocycles. The highest BCUT2D eigenvalue weighted by molar-refractivity contribution is 5.50. The molecule has 2 rings (SSSR count). The van der Waals surface area contributed by atoms with Gasteiger partial charge in [0, 0.05) is 14.1 Å². The van der Waals surface area contributed by atoms with Gasteiger partial charge in [0.25, 0.3) is 0 Å². The summed E-state index contributed by atoms with van der Waals surface area (Å²) < 4.78 is 3.61. The minimum atomic E-state index is 0.658. The first-order chi connectivity index (χ1) is 5.70. The molecule has 0 saturated carbocycles. The van der Waals surface area contributed by atoms with Crippen LogP contribution in [0.15, 0.2) is 18.5 Å². The number of hydrogen-bond donors (Lipinski definition) is 1. The van der Waals surface area contributed by atoms with Crippen molar-refractivity contribution >= 4 is 11.5 Å². The van der Waals surface area contributed by atoms with Gasteiger partial charge in [0.15, 0.2) is 5.65 Å². The Labute approximate surface area is 70.0 Å². The number of nitrogens with two attached hydrogens (primary N) is 1. The average Bonchev–Trinajstić information content (AvgIpc) is 2.53. The monoisotopic (exact) mass is 165 g/mol. The van der Waals surface area contributed by atoms with E-state index >= 15 is 0 Å². The van der Waals surface area contributed by atoms with Gasteiger partial charge in [0.2, 0.25) is 0 Å². The summed E-state index contributed by atoms with van der Waals surface area (Å²) in [5, 5.41) is 6.04. The number of nitrogens with zero attached hydrogens (tertiary/aromatic N) is 4. The maximum atomic E-state index is 5.66. The third-order valence-corrected chi connectivity index (χ3v) is 1.81. The van der Waals surface area contributed by atoms with Gasteiger partial charge in [-0.25, -0.2) is 4.68 Å². The van der Waals surface area contributed by atoms with Crippen LogP contribution in [0.4, 0.5) is 5.82 Å². The fraction of sp³-hybridized carbons (Fsp3) is 0.286. The molecule has 0 aliphatic heterocycles. The lowest BCUT2D eigenvalue weighted by Crippen LogP contribution is -2.23. The first-order valence-electron chi connectivity index (χ1n) is 3.68. The second-order valence-corrected chi connectivity index (χ2v) is 2.85. The standard InChI is InChI=1S/C7H11N5/c1-10(2)11-5-9-12-6(8)3-4-7(11)12/h3-5H,8H2,1-2H3. The summed E-state index contributed by atoms with van der Waals surface area (Å²) in [7, 11) is 3.90. The summed E-state index contributed by atoms with van der Waals surface area (Å²) in [6.45, 7) is 0. The number of anilines is 1. The van der Waals surface area contributed by atoms with Crippen LogP contribution >= 0.6 is 0 Å². The second-order valence-electron chi connectivity index (χ2n) is 2.85. The number of rotatable bonds is 1. The summed E-state index contributed by atoms with van der Waals surface area (Å²) in [5.74, 6) is 0.658. The predicted molar refractivity (Wildman–Crippen MR) is 47.7 cm³/mol. The molecule has 0 atom stereocenters. The average molecular weight is 165 g/mol. The van der Waals surface area contributed by atoms with Gasteiger partial charge >= 0.3 is 0 Å². The minimum Gasteiger partial charge on any atom is -0.384 e. The van der Waals surface area contributed by atoms with Crippen molar-refractivity contribution in [2.45, 2.75) is 0 Å². The fourth-order valence-electron chi connectivity index (χ4n) is 1.20. The molecule has 2 aromatic rings. The predicted octanol–water partition coefficient (Wildman–Crippen LogP) is -0.0844. The molecule has 5 heteroatoms. The van der Waals surface area contributed by atoms with Crippen LogP contribution in [0, 0.1) is 0 Å². The first kappa shape index (κ1) is 7.02. The Morgan fingerprint density at radius 3 is 2.83 bits per heavy atom. The largest absolute Gasteiger partial charge is 0.384 e. The molecule has 0 bridgehead atoms. The zero-order valence-corrected chi connectivity index (χ0v) is 7.10. The Balaban J connectivity index is 2.71. The molecule has 0 saturated heterocycles. The molecule has 0 aliphatic rings. The van der Waals surface area contributed by atoms with E-state index in [1.165, 1.54) is 0 Å². The van der Waals surface area contributed by atoms with Crippen LogP contribution in [0.2, 0.25) is 0 Å². The molecular weight excluding hydrogens is 154 g/mol. The van der Waals surface area contributed by atoms with Crippen LogP contribution in [-0.2, 0) is 0 Å². The molecule has 2 N–H and O–H groups in total. The van der Waals surface area contributed by atoms with Gasteiger partial charge < -0.3 is 10.7 Å². The zero-order chi connectivity index (χ0) is 8.72. The van der Waals surface area contributed by atoms with Crippen LogP contribution < -0.4 is 10.7 Å². The number of aromatic nitrogens is 3. The highest BCUT2D eigenvalue weighted by atomic mass is 15.6. The van der Waals surface area contributed by atoms with Crippen LogP contribution in [0.1, 0.15) is 0 Å². The van der Waals surface area contributed by atoms with Crippen molar-refractivity contribution in [3.8, 4) is 0 Å². The van der Waals surface area contributed by atoms with Gasteiger partial charge in [-0.3, -0.25) is 0 Å². The maximum Gasteiger partial charge on any atom is 0.156 e. The van der Waals surface area contributed by atoms with Crippen molar-refractivity contribution in [3.05, 3.63) is 18.5 Å². The Morgan fingerprint density at radius 1 is 1.42 bits per heavy atom. The Morgan fingerprint density at radius 2 is 2.17 bits per heavy atom. The summed E-state index contributed by atoms with van der Waals surface area (Å²) >= 11 is 0. The highest BCUT2D eigenvalue weighted by Gasteiger charge is 2.04. The Kier molecular flexibility index (Phi) is 1.27. The molecule has 2 heterocycles. The lowest BCUT2D eigenvalue weighted by molar-refractivity contribution is 0.753. The van der Waals surface area contributed by atoms with Crippen LogP contribution in [-0.4, -0.2) is 28.4 Å². The molecule has 5 nitrogen and oxygen atoms in total. The molecule has 12 heavy (non-hydrogen) atoms. The normalized spacial score (nSPS) is 10.8. The van der Waals surface area contributed by atoms with E-state index in [1.54, 1.807) is 10.8 Å². The van der Waals surface area contributed by atoms with E-state index in [4.69, 9.17) is 5.73 Å². The Bertz CT molecular complexity index is 397. The molecule has 0 fully saturated rings. The van der Waals surface area contributed by atoms with Crippen molar-refractivity contribution in [3.63, 3.8) is 0 Å². The number of fused-ring (bicyclic) bond motifs is 1.